The molecule has 6 heteroatoms. The second-order valence-corrected chi connectivity index (χ2v) is 8.27. The zero-order chi connectivity index (χ0) is 18.7. The highest BCUT2D eigenvalue weighted by Crippen LogP contribution is 2.39. The van der Waals surface area contributed by atoms with Gasteiger partial charge in [-0.1, -0.05) is 13.8 Å². The molecule has 1 spiro atoms. The first kappa shape index (κ1) is 18.7. The summed E-state index contributed by atoms with van der Waals surface area (Å²) in [6.07, 6.45) is 5.97. The molecule has 0 bridgehead atoms. The Hall–Kier alpha value is -2.11. The molecule has 2 aliphatic rings. The van der Waals surface area contributed by atoms with Crippen LogP contribution in [0.5, 0.6) is 0 Å². The van der Waals surface area contributed by atoms with Crippen molar-refractivity contribution in [2.24, 2.45) is 11.3 Å². The predicted molar refractivity (Wildman–Crippen MR) is 99.9 cm³/mol. The highest BCUT2D eigenvalue weighted by molar-refractivity contribution is 5.94. The van der Waals surface area contributed by atoms with E-state index in [1.807, 2.05) is 9.80 Å². The molecule has 3 rings (SSSR count). The summed E-state index contributed by atoms with van der Waals surface area (Å²) in [6, 6.07) is 2.97. The van der Waals surface area contributed by atoms with Crippen molar-refractivity contribution in [3.05, 3.63) is 34.2 Å². The number of carbonyl (C=O) groups is 2. The SMILES string of the molecule is CC(C)CCN1C[C@]2(CCCN(C(=O)c3ccc(=O)[nH]c3)C2)CCC1=O. The Bertz CT molecular complexity index is 707. The van der Waals surface area contributed by atoms with Crippen LogP contribution in [0.2, 0.25) is 0 Å². The third kappa shape index (κ3) is 4.17. The van der Waals surface area contributed by atoms with Gasteiger partial charge in [-0.15, -0.1) is 0 Å². The van der Waals surface area contributed by atoms with Crippen molar-refractivity contribution >= 4 is 11.8 Å². The van der Waals surface area contributed by atoms with Crippen LogP contribution in [0.25, 0.3) is 0 Å². The monoisotopic (exact) mass is 359 g/mol. The van der Waals surface area contributed by atoms with E-state index in [-0.39, 0.29) is 22.8 Å². The van der Waals surface area contributed by atoms with Crippen LogP contribution >= 0.6 is 0 Å². The van der Waals surface area contributed by atoms with Crippen LogP contribution in [-0.4, -0.2) is 52.8 Å². The van der Waals surface area contributed by atoms with E-state index in [4.69, 9.17) is 0 Å². The lowest BCUT2D eigenvalue weighted by atomic mass is 9.73. The fourth-order valence-corrected chi connectivity index (χ4v) is 4.16. The summed E-state index contributed by atoms with van der Waals surface area (Å²) in [4.78, 5) is 42.8. The van der Waals surface area contributed by atoms with Gasteiger partial charge in [0.2, 0.25) is 11.5 Å². The van der Waals surface area contributed by atoms with Gasteiger partial charge >= 0.3 is 0 Å². The number of H-pyrrole nitrogens is 1. The third-order valence-corrected chi connectivity index (χ3v) is 5.70. The molecular formula is C20H29N3O3. The first-order chi connectivity index (χ1) is 12.4. The average Bonchev–Trinajstić information content (AvgIpc) is 2.63. The zero-order valence-corrected chi connectivity index (χ0v) is 15.8. The summed E-state index contributed by atoms with van der Waals surface area (Å²) in [6.45, 7) is 7.35. The van der Waals surface area contributed by atoms with Crippen molar-refractivity contribution in [3.8, 4) is 0 Å². The minimum atomic E-state index is -0.205. The van der Waals surface area contributed by atoms with Crippen molar-refractivity contribution in [2.45, 2.75) is 46.0 Å². The number of aromatic amines is 1. The van der Waals surface area contributed by atoms with Crippen LogP contribution in [0.1, 0.15) is 56.3 Å². The molecule has 0 unspecified atom stereocenters. The summed E-state index contributed by atoms with van der Waals surface area (Å²) in [5.41, 5.74) is 0.328. The second kappa shape index (κ2) is 7.64. The van der Waals surface area contributed by atoms with E-state index in [1.54, 1.807) is 6.07 Å². The maximum atomic E-state index is 12.8. The predicted octanol–water partition coefficient (Wildman–Crippen LogP) is 2.27. The molecule has 2 saturated heterocycles. The van der Waals surface area contributed by atoms with Crippen molar-refractivity contribution in [3.63, 3.8) is 0 Å². The number of aromatic nitrogens is 1. The maximum Gasteiger partial charge on any atom is 0.255 e. The Balaban J connectivity index is 1.70. The Morgan fingerprint density at radius 2 is 2.04 bits per heavy atom. The minimum Gasteiger partial charge on any atom is -0.342 e. The topological polar surface area (TPSA) is 73.5 Å². The second-order valence-electron chi connectivity index (χ2n) is 8.27. The smallest absolute Gasteiger partial charge is 0.255 e. The fourth-order valence-electron chi connectivity index (χ4n) is 4.16. The molecule has 3 heterocycles. The molecule has 2 amide bonds. The number of hydrogen-bond donors (Lipinski definition) is 1. The number of nitrogens with one attached hydrogen (secondary N) is 1. The molecule has 2 aliphatic heterocycles. The number of hydrogen-bond acceptors (Lipinski definition) is 3. The fraction of sp³-hybridized carbons (Fsp3) is 0.650. The van der Waals surface area contributed by atoms with E-state index >= 15 is 0 Å². The normalized spacial score (nSPS) is 23.7. The number of likely N-dealkylation sites (tertiary alicyclic amines) is 2. The summed E-state index contributed by atoms with van der Waals surface area (Å²) in [7, 11) is 0. The van der Waals surface area contributed by atoms with Crippen LogP contribution in [0.3, 0.4) is 0 Å². The Labute approximate surface area is 154 Å². The van der Waals surface area contributed by atoms with E-state index in [0.29, 0.717) is 24.4 Å². The van der Waals surface area contributed by atoms with E-state index in [2.05, 4.69) is 18.8 Å². The minimum absolute atomic E-state index is 0.0149. The van der Waals surface area contributed by atoms with Gasteiger partial charge in [-0.25, -0.2) is 0 Å². The van der Waals surface area contributed by atoms with Gasteiger partial charge in [-0.2, -0.15) is 0 Å². The molecule has 1 atom stereocenters. The van der Waals surface area contributed by atoms with Crippen molar-refractivity contribution < 1.29 is 9.59 Å². The molecule has 0 aromatic carbocycles. The van der Waals surface area contributed by atoms with E-state index in [9.17, 15) is 14.4 Å². The number of nitrogens with zero attached hydrogens (tertiary/aromatic N) is 2. The lowest BCUT2D eigenvalue weighted by Gasteiger charge is -2.48. The Kier molecular flexibility index (Phi) is 5.49. The maximum absolute atomic E-state index is 12.8. The highest BCUT2D eigenvalue weighted by atomic mass is 16.2. The zero-order valence-electron chi connectivity index (χ0n) is 15.8. The molecular weight excluding hydrogens is 330 g/mol. The van der Waals surface area contributed by atoms with E-state index in [0.717, 1.165) is 45.3 Å². The van der Waals surface area contributed by atoms with Crippen LogP contribution in [0.15, 0.2) is 23.1 Å². The molecule has 0 radical (unpaired) electrons. The Morgan fingerprint density at radius 3 is 2.73 bits per heavy atom. The number of piperidine rings is 2. The molecule has 0 aliphatic carbocycles. The van der Waals surface area contributed by atoms with Crippen molar-refractivity contribution in [1.29, 1.82) is 0 Å². The lowest BCUT2D eigenvalue weighted by molar-refractivity contribution is -0.139. The summed E-state index contributed by atoms with van der Waals surface area (Å²) < 4.78 is 0. The summed E-state index contributed by atoms with van der Waals surface area (Å²) in [5.74, 6) is 0.789. The van der Waals surface area contributed by atoms with Gasteiger partial charge in [0.1, 0.15) is 0 Å². The number of carbonyl (C=O) groups excluding carboxylic acids is 2. The lowest BCUT2D eigenvalue weighted by Crippen LogP contribution is -2.55. The summed E-state index contributed by atoms with van der Waals surface area (Å²) in [5, 5.41) is 0. The standard InChI is InChI=1S/C20H29N3O3/c1-15(2)7-11-22-13-20(9-6-18(22)25)8-3-10-23(14-20)19(26)16-4-5-17(24)21-12-16/h4-5,12,15H,3,6-11,13-14H2,1-2H3,(H,21,24)/t20-/m0/s1. The molecule has 26 heavy (non-hydrogen) atoms. The van der Waals surface area contributed by atoms with Gasteiger partial charge in [-0.05, 0) is 37.7 Å². The largest absolute Gasteiger partial charge is 0.342 e. The Morgan fingerprint density at radius 1 is 1.23 bits per heavy atom. The van der Waals surface area contributed by atoms with Gasteiger partial charge in [-0.3, -0.25) is 14.4 Å². The van der Waals surface area contributed by atoms with E-state index < -0.39 is 0 Å². The van der Waals surface area contributed by atoms with Gasteiger partial charge in [0.15, 0.2) is 0 Å². The van der Waals surface area contributed by atoms with Crippen LogP contribution < -0.4 is 5.56 Å². The molecule has 2 fully saturated rings. The van der Waals surface area contributed by atoms with Crippen LogP contribution in [-0.2, 0) is 4.79 Å². The first-order valence-electron chi connectivity index (χ1n) is 9.64. The third-order valence-electron chi connectivity index (χ3n) is 5.70. The van der Waals surface area contributed by atoms with Gasteiger partial charge in [0, 0.05) is 50.3 Å². The van der Waals surface area contributed by atoms with Crippen molar-refractivity contribution in [1.82, 2.24) is 14.8 Å². The van der Waals surface area contributed by atoms with Gasteiger partial charge < -0.3 is 14.8 Å². The molecule has 1 N–H and O–H groups in total. The van der Waals surface area contributed by atoms with Gasteiger partial charge in [0.25, 0.3) is 5.91 Å². The number of pyridine rings is 1. The first-order valence-corrected chi connectivity index (χ1v) is 9.64. The van der Waals surface area contributed by atoms with Crippen molar-refractivity contribution in [2.75, 3.05) is 26.2 Å². The quantitative estimate of drug-likeness (QED) is 0.896. The molecule has 6 nitrogen and oxygen atoms in total. The van der Waals surface area contributed by atoms with Crippen LogP contribution in [0.4, 0.5) is 0 Å². The molecule has 1 aromatic rings. The molecule has 1 aromatic heterocycles. The van der Waals surface area contributed by atoms with Gasteiger partial charge in [0.05, 0.1) is 5.56 Å². The van der Waals surface area contributed by atoms with Crippen LogP contribution in [0, 0.1) is 11.3 Å². The number of rotatable bonds is 4. The summed E-state index contributed by atoms with van der Waals surface area (Å²) >= 11 is 0. The average molecular weight is 359 g/mol. The van der Waals surface area contributed by atoms with E-state index in [1.165, 1.54) is 12.3 Å². The highest BCUT2D eigenvalue weighted by Gasteiger charge is 2.42. The molecule has 0 saturated carbocycles. The number of amides is 2. The molecule has 142 valence electrons.